The number of nitrogens with one attached hydrogen (secondary N) is 1. The normalized spacial score (nSPS) is 11.0. The lowest BCUT2D eigenvalue weighted by Gasteiger charge is -2.10. The second kappa shape index (κ2) is 6.00. The van der Waals surface area contributed by atoms with Crippen LogP contribution in [0.3, 0.4) is 0 Å². The number of nitro benzene ring substituents is 1. The van der Waals surface area contributed by atoms with Gasteiger partial charge < -0.3 is 9.72 Å². The number of carbonyl (C=O) groups is 1. The Morgan fingerprint density at radius 2 is 1.73 bits per heavy atom. The number of nitrogens with zero attached hydrogens (tertiary/aromatic N) is 1. The van der Waals surface area contributed by atoms with Gasteiger partial charge in [0, 0.05) is 22.4 Å². The molecule has 4 aromatic rings. The standard InChI is InChI=1S/C20H14N2O4/c1-26-20(23)18-17(12-7-3-2-4-8-12)16(22(24)25)11-14-13-9-5-6-10-15(13)21-19(14)18/h2-11,21H,1H3. The molecular weight excluding hydrogens is 332 g/mol. The summed E-state index contributed by atoms with van der Waals surface area (Å²) in [5, 5.41) is 13.2. The van der Waals surface area contributed by atoms with Gasteiger partial charge in [-0.3, -0.25) is 10.1 Å². The average molecular weight is 346 g/mol. The van der Waals surface area contributed by atoms with E-state index in [-0.39, 0.29) is 16.8 Å². The molecule has 0 radical (unpaired) electrons. The van der Waals surface area contributed by atoms with E-state index in [1.807, 2.05) is 30.3 Å². The molecule has 6 heteroatoms. The number of H-pyrrole nitrogens is 1. The third-order valence-corrected chi connectivity index (χ3v) is 4.43. The quantitative estimate of drug-likeness (QED) is 0.331. The van der Waals surface area contributed by atoms with Crippen LogP contribution in [0.2, 0.25) is 0 Å². The Hall–Kier alpha value is -3.67. The third kappa shape index (κ3) is 2.31. The number of fused-ring (bicyclic) bond motifs is 3. The molecule has 0 amide bonds. The fourth-order valence-electron chi connectivity index (χ4n) is 3.32. The Bertz CT molecular complexity index is 1160. The van der Waals surface area contributed by atoms with Crippen LogP contribution >= 0.6 is 0 Å². The highest BCUT2D eigenvalue weighted by Crippen LogP contribution is 2.41. The number of aromatic amines is 1. The molecule has 0 aliphatic carbocycles. The zero-order valence-electron chi connectivity index (χ0n) is 13.9. The predicted molar refractivity (Wildman–Crippen MR) is 99.2 cm³/mol. The molecular formula is C20H14N2O4. The first-order valence-electron chi connectivity index (χ1n) is 7.97. The van der Waals surface area contributed by atoms with Crippen molar-refractivity contribution in [3.8, 4) is 11.1 Å². The van der Waals surface area contributed by atoms with Gasteiger partial charge in [-0.25, -0.2) is 4.79 Å². The van der Waals surface area contributed by atoms with Crippen LogP contribution in [0.1, 0.15) is 10.4 Å². The zero-order chi connectivity index (χ0) is 18.3. The molecule has 26 heavy (non-hydrogen) atoms. The van der Waals surface area contributed by atoms with Crippen LogP contribution in [0.5, 0.6) is 0 Å². The van der Waals surface area contributed by atoms with Crippen LogP contribution in [0.4, 0.5) is 5.69 Å². The maximum Gasteiger partial charge on any atom is 0.340 e. The minimum atomic E-state index is -0.621. The van der Waals surface area contributed by atoms with E-state index in [1.54, 1.807) is 24.3 Å². The minimum absolute atomic E-state index is 0.131. The molecule has 1 aromatic heterocycles. The van der Waals surface area contributed by atoms with Crippen LogP contribution in [-0.2, 0) is 4.74 Å². The summed E-state index contributed by atoms with van der Waals surface area (Å²) in [4.78, 5) is 27.2. The van der Waals surface area contributed by atoms with E-state index < -0.39 is 10.9 Å². The maximum atomic E-state index is 12.6. The first-order chi connectivity index (χ1) is 12.6. The topological polar surface area (TPSA) is 85.2 Å². The number of esters is 1. The van der Waals surface area contributed by atoms with Crippen molar-refractivity contribution in [2.45, 2.75) is 0 Å². The second-order valence-electron chi connectivity index (χ2n) is 5.85. The van der Waals surface area contributed by atoms with Gasteiger partial charge in [0.15, 0.2) is 0 Å². The highest BCUT2D eigenvalue weighted by atomic mass is 16.6. The number of benzene rings is 3. The van der Waals surface area contributed by atoms with Crippen molar-refractivity contribution in [3.05, 3.63) is 76.3 Å². The lowest BCUT2D eigenvalue weighted by Crippen LogP contribution is -2.07. The molecule has 0 spiro atoms. The van der Waals surface area contributed by atoms with E-state index in [1.165, 1.54) is 13.2 Å². The monoisotopic (exact) mass is 346 g/mol. The number of carbonyl (C=O) groups excluding carboxylic acids is 1. The molecule has 0 atom stereocenters. The summed E-state index contributed by atoms with van der Waals surface area (Å²) in [6, 6.07) is 17.8. The van der Waals surface area contributed by atoms with Gasteiger partial charge in [-0.05, 0) is 11.6 Å². The van der Waals surface area contributed by atoms with Gasteiger partial charge >= 0.3 is 5.97 Å². The van der Waals surface area contributed by atoms with E-state index in [0.717, 1.165) is 10.9 Å². The van der Waals surface area contributed by atoms with Crippen molar-refractivity contribution in [3.63, 3.8) is 0 Å². The number of para-hydroxylation sites is 1. The first-order valence-corrected chi connectivity index (χ1v) is 7.97. The minimum Gasteiger partial charge on any atom is -0.465 e. The molecule has 128 valence electrons. The van der Waals surface area contributed by atoms with E-state index in [0.29, 0.717) is 16.5 Å². The largest absolute Gasteiger partial charge is 0.465 e. The molecule has 3 aromatic carbocycles. The van der Waals surface area contributed by atoms with Crippen LogP contribution < -0.4 is 0 Å². The summed E-state index contributed by atoms with van der Waals surface area (Å²) < 4.78 is 4.96. The number of methoxy groups -OCH3 is 1. The summed E-state index contributed by atoms with van der Waals surface area (Å²) in [6.45, 7) is 0. The van der Waals surface area contributed by atoms with Crippen molar-refractivity contribution in [1.82, 2.24) is 4.98 Å². The maximum absolute atomic E-state index is 12.6. The molecule has 6 nitrogen and oxygen atoms in total. The highest BCUT2D eigenvalue weighted by molar-refractivity contribution is 6.18. The Morgan fingerprint density at radius 1 is 1.04 bits per heavy atom. The zero-order valence-corrected chi connectivity index (χ0v) is 13.9. The van der Waals surface area contributed by atoms with Gasteiger partial charge in [0.1, 0.15) is 0 Å². The summed E-state index contributed by atoms with van der Waals surface area (Å²) in [7, 11) is 1.27. The fraction of sp³-hybridized carbons (Fsp3) is 0.0500. The van der Waals surface area contributed by atoms with Crippen molar-refractivity contribution in [1.29, 1.82) is 0 Å². The van der Waals surface area contributed by atoms with Gasteiger partial charge in [-0.2, -0.15) is 0 Å². The summed E-state index contributed by atoms with van der Waals surface area (Å²) >= 11 is 0. The Labute approximate surface area is 148 Å². The molecule has 4 rings (SSSR count). The number of nitro groups is 1. The van der Waals surface area contributed by atoms with Gasteiger partial charge in [-0.15, -0.1) is 0 Å². The summed E-state index contributed by atoms with van der Waals surface area (Å²) in [5.74, 6) is -0.621. The van der Waals surface area contributed by atoms with Crippen LogP contribution in [0, 0.1) is 10.1 Å². The van der Waals surface area contributed by atoms with E-state index in [2.05, 4.69) is 4.98 Å². The number of rotatable bonds is 3. The van der Waals surface area contributed by atoms with Crippen molar-refractivity contribution >= 4 is 33.5 Å². The molecule has 0 unspecified atom stereocenters. The summed E-state index contributed by atoms with van der Waals surface area (Å²) in [6.07, 6.45) is 0. The molecule has 1 N–H and O–H groups in total. The molecule has 1 heterocycles. The lowest BCUT2D eigenvalue weighted by molar-refractivity contribution is -0.384. The average Bonchev–Trinajstić information content (AvgIpc) is 3.04. The first kappa shape index (κ1) is 15.8. The van der Waals surface area contributed by atoms with Crippen LogP contribution in [0.25, 0.3) is 32.9 Å². The Kier molecular flexibility index (Phi) is 3.65. The van der Waals surface area contributed by atoms with Crippen molar-refractivity contribution < 1.29 is 14.5 Å². The van der Waals surface area contributed by atoms with E-state index >= 15 is 0 Å². The van der Waals surface area contributed by atoms with Gasteiger partial charge in [0.25, 0.3) is 5.69 Å². The van der Waals surface area contributed by atoms with Gasteiger partial charge in [-0.1, -0.05) is 48.5 Å². The lowest BCUT2D eigenvalue weighted by atomic mass is 9.95. The Balaban J connectivity index is 2.24. The predicted octanol–water partition coefficient (Wildman–Crippen LogP) is 4.68. The van der Waals surface area contributed by atoms with Crippen LogP contribution in [0.15, 0.2) is 60.7 Å². The summed E-state index contributed by atoms with van der Waals surface area (Å²) in [5.41, 5.74) is 2.20. The number of hydrogen-bond donors (Lipinski definition) is 1. The third-order valence-electron chi connectivity index (χ3n) is 4.43. The van der Waals surface area contributed by atoms with Gasteiger partial charge in [0.2, 0.25) is 0 Å². The molecule has 0 saturated carbocycles. The number of aromatic nitrogens is 1. The Morgan fingerprint density at radius 3 is 2.42 bits per heavy atom. The number of hydrogen-bond acceptors (Lipinski definition) is 4. The smallest absolute Gasteiger partial charge is 0.340 e. The van der Waals surface area contributed by atoms with E-state index in [4.69, 9.17) is 4.74 Å². The second-order valence-corrected chi connectivity index (χ2v) is 5.85. The van der Waals surface area contributed by atoms with Crippen LogP contribution in [-0.4, -0.2) is 23.0 Å². The molecule has 0 aliphatic rings. The molecule has 0 bridgehead atoms. The molecule has 0 aliphatic heterocycles. The van der Waals surface area contributed by atoms with Gasteiger partial charge in [0.05, 0.1) is 28.7 Å². The molecule has 0 saturated heterocycles. The number of ether oxygens (including phenoxy) is 1. The highest BCUT2D eigenvalue weighted by Gasteiger charge is 2.28. The van der Waals surface area contributed by atoms with E-state index in [9.17, 15) is 14.9 Å². The fourth-order valence-corrected chi connectivity index (χ4v) is 3.32. The molecule has 0 fully saturated rings. The SMILES string of the molecule is COC(=O)c1c(-c2ccccc2)c([N+](=O)[O-])cc2c1[nH]c1ccccc12. The van der Waals surface area contributed by atoms with Crippen molar-refractivity contribution in [2.24, 2.45) is 0 Å². The van der Waals surface area contributed by atoms with Crippen molar-refractivity contribution in [2.75, 3.05) is 7.11 Å².